The van der Waals surface area contributed by atoms with E-state index in [1.54, 1.807) is 18.2 Å². The van der Waals surface area contributed by atoms with E-state index < -0.39 is 33.8 Å². The van der Waals surface area contributed by atoms with Gasteiger partial charge in [-0.1, -0.05) is 18.2 Å². The van der Waals surface area contributed by atoms with Crippen molar-refractivity contribution in [2.24, 2.45) is 0 Å². The van der Waals surface area contributed by atoms with Gasteiger partial charge in [0.15, 0.2) is 10.7 Å². The molecule has 1 aromatic heterocycles. The molecule has 2 nitrogen and oxygen atoms in total. The molecular weight excluding hydrogens is 282 g/mol. The van der Waals surface area contributed by atoms with Crippen molar-refractivity contribution in [3.63, 3.8) is 0 Å². The molecule has 0 spiro atoms. The zero-order valence-electron chi connectivity index (χ0n) is 9.32. The maximum absolute atomic E-state index is 13.6. The Hall–Kier alpha value is -1.60. The van der Waals surface area contributed by atoms with E-state index in [0.717, 1.165) is 0 Å². The van der Waals surface area contributed by atoms with Crippen molar-refractivity contribution in [1.82, 2.24) is 4.98 Å². The zero-order chi connectivity index (χ0) is 14.0. The third kappa shape index (κ3) is 3.05. The van der Waals surface area contributed by atoms with Gasteiger partial charge in [0.1, 0.15) is 0 Å². The first-order chi connectivity index (χ1) is 8.89. The van der Waals surface area contributed by atoms with Crippen molar-refractivity contribution in [1.29, 1.82) is 0 Å². The Morgan fingerprint density at radius 2 is 1.74 bits per heavy atom. The summed E-state index contributed by atoms with van der Waals surface area (Å²) in [6, 6.07) is 8.12. The van der Waals surface area contributed by atoms with Crippen LogP contribution in [0, 0.1) is 5.82 Å². The predicted octanol–water partition coefficient (Wildman–Crippen LogP) is 3.41. The molecule has 7 heteroatoms. The second kappa shape index (κ2) is 5.18. The van der Waals surface area contributed by atoms with Gasteiger partial charge in [-0.3, -0.25) is 0 Å². The summed E-state index contributed by atoms with van der Waals surface area (Å²) in [5, 5.41) is -0.515. The van der Waals surface area contributed by atoms with Crippen molar-refractivity contribution < 1.29 is 22.1 Å². The van der Waals surface area contributed by atoms with Crippen LogP contribution in [0.2, 0.25) is 0 Å². The summed E-state index contributed by atoms with van der Waals surface area (Å²) in [4.78, 5) is 3.60. The molecule has 2 aromatic rings. The average molecular weight is 289 g/mol. The summed E-state index contributed by atoms with van der Waals surface area (Å²) in [7, 11) is 0. The highest BCUT2D eigenvalue weighted by atomic mass is 32.2. The number of pyridine rings is 1. The van der Waals surface area contributed by atoms with Gasteiger partial charge < -0.3 is 4.55 Å². The van der Waals surface area contributed by atoms with Crippen molar-refractivity contribution in [2.45, 2.75) is 16.1 Å². The number of hydrogen-bond donors (Lipinski definition) is 0. The molecular formula is C12H7F4NOS. The maximum Gasteiger partial charge on any atom is 0.417 e. The lowest BCUT2D eigenvalue weighted by Gasteiger charge is -2.11. The number of nitrogens with zero attached hydrogens (tertiary/aromatic N) is 1. The van der Waals surface area contributed by atoms with Crippen LogP contribution in [0.4, 0.5) is 17.6 Å². The number of alkyl halides is 3. The summed E-state index contributed by atoms with van der Waals surface area (Å²) in [5.41, 5.74) is -1.21. The largest absolute Gasteiger partial charge is 0.605 e. The molecule has 0 saturated carbocycles. The smallest absolute Gasteiger partial charge is 0.417 e. The molecule has 100 valence electrons. The molecule has 0 saturated heterocycles. The van der Waals surface area contributed by atoms with Crippen molar-refractivity contribution in [2.75, 3.05) is 0 Å². The topological polar surface area (TPSA) is 36.0 Å². The highest BCUT2D eigenvalue weighted by Gasteiger charge is 2.33. The van der Waals surface area contributed by atoms with E-state index in [1.165, 1.54) is 12.1 Å². The second-order valence-electron chi connectivity index (χ2n) is 3.59. The first-order valence-electron chi connectivity index (χ1n) is 5.09. The molecule has 0 N–H and O–H groups in total. The Labute approximate surface area is 109 Å². The summed E-state index contributed by atoms with van der Waals surface area (Å²) in [6.45, 7) is 0. The van der Waals surface area contributed by atoms with Gasteiger partial charge in [0.25, 0.3) is 5.03 Å². The summed E-state index contributed by atoms with van der Waals surface area (Å²) >= 11 is -1.95. The Morgan fingerprint density at radius 1 is 1.11 bits per heavy atom. The first-order valence-corrected chi connectivity index (χ1v) is 6.24. The van der Waals surface area contributed by atoms with Crippen molar-refractivity contribution in [3.8, 4) is 0 Å². The molecule has 0 aliphatic rings. The Bertz CT molecular complexity index is 574. The Morgan fingerprint density at radius 3 is 2.26 bits per heavy atom. The fourth-order valence-electron chi connectivity index (χ4n) is 1.37. The van der Waals surface area contributed by atoms with Gasteiger partial charge in [-0.15, -0.1) is 0 Å². The van der Waals surface area contributed by atoms with Crippen LogP contribution in [0.25, 0.3) is 0 Å². The third-order valence-electron chi connectivity index (χ3n) is 2.27. The van der Waals surface area contributed by atoms with Crippen molar-refractivity contribution in [3.05, 3.63) is 54.0 Å². The van der Waals surface area contributed by atoms with E-state index >= 15 is 0 Å². The molecule has 1 atom stereocenters. The number of hydrogen-bond acceptors (Lipinski definition) is 2. The van der Waals surface area contributed by atoms with Gasteiger partial charge in [-0.05, 0) is 18.2 Å². The minimum absolute atomic E-state index is 0.272. The number of benzene rings is 1. The molecule has 0 bridgehead atoms. The van der Waals surface area contributed by atoms with Crippen LogP contribution in [0.5, 0.6) is 0 Å². The van der Waals surface area contributed by atoms with Gasteiger partial charge in [-0.2, -0.15) is 17.6 Å². The van der Waals surface area contributed by atoms with E-state index in [0.29, 0.717) is 12.3 Å². The fraction of sp³-hybridized carbons (Fsp3) is 0.0833. The number of rotatable bonds is 2. The highest BCUT2D eigenvalue weighted by Crippen LogP contribution is 2.31. The van der Waals surface area contributed by atoms with Crippen LogP contribution in [0.3, 0.4) is 0 Å². The minimum atomic E-state index is -4.68. The predicted molar refractivity (Wildman–Crippen MR) is 60.3 cm³/mol. The SMILES string of the molecule is [O-][S+](c1ccccc1)c1ncc(C(F)(F)F)cc1F. The lowest BCUT2D eigenvalue weighted by Crippen LogP contribution is -2.11. The quantitative estimate of drug-likeness (QED) is 0.627. The highest BCUT2D eigenvalue weighted by molar-refractivity contribution is 7.91. The molecule has 1 heterocycles. The fourth-order valence-corrected chi connectivity index (χ4v) is 2.38. The summed E-state index contributed by atoms with van der Waals surface area (Å²) < 4.78 is 62.5. The standard InChI is InChI=1S/C12H7F4NOS/c13-10-6-8(12(14,15)16)7-17-11(10)19(18)9-4-2-1-3-5-9/h1-7H. The maximum atomic E-state index is 13.6. The monoisotopic (exact) mass is 289 g/mol. The third-order valence-corrected chi connectivity index (χ3v) is 3.62. The number of halogens is 4. The van der Waals surface area contributed by atoms with E-state index in [9.17, 15) is 22.1 Å². The van der Waals surface area contributed by atoms with Gasteiger partial charge in [0.05, 0.1) is 5.56 Å². The molecule has 1 unspecified atom stereocenters. The normalized spacial score (nSPS) is 13.3. The first kappa shape index (κ1) is 13.8. The van der Waals surface area contributed by atoms with Crippen LogP contribution < -0.4 is 0 Å². The van der Waals surface area contributed by atoms with E-state index in [1.807, 2.05) is 0 Å². The Kier molecular flexibility index (Phi) is 3.77. The van der Waals surface area contributed by atoms with Gasteiger partial charge in [0.2, 0.25) is 0 Å². The van der Waals surface area contributed by atoms with E-state index in [4.69, 9.17) is 0 Å². The molecule has 19 heavy (non-hydrogen) atoms. The lowest BCUT2D eigenvalue weighted by molar-refractivity contribution is -0.138. The molecule has 0 aliphatic carbocycles. The summed E-state index contributed by atoms with van der Waals surface area (Å²) in [6.07, 6.45) is -4.21. The Balaban J connectivity index is 2.37. The van der Waals surface area contributed by atoms with E-state index in [2.05, 4.69) is 4.98 Å². The zero-order valence-corrected chi connectivity index (χ0v) is 10.1. The average Bonchev–Trinajstić information content (AvgIpc) is 2.38. The van der Waals surface area contributed by atoms with Crippen LogP contribution >= 0.6 is 0 Å². The van der Waals surface area contributed by atoms with Crippen LogP contribution in [0.15, 0.2) is 52.5 Å². The number of aromatic nitrogens is 1. The lowest BCUT2D eigenvalue weighted by atomic mass is 10.3. The summed E-state index contributed by atoms with van der Waals surface area (Å²) in [5.74, 6) is -1.24. The van der Waals surface area contributed by atoms with Crippen LogP contribution in [-0.2, 0) is 17.4 Å². The van der Waals surface area contributed by atoms with Gasteiger partial charge >= 0.3 is 6.18 Å². The van der Waals surface area contributed by atoms with Gasteiger partial charge in [-0.25, -0.2) is 4.98 Å². The second-order valence-corrected chi connectivity index (χ2v) is 4.99. The molecule has 0 amide bonds. The molecule has 0 radical (unpaired) electrons. The molecule has 1 aromatic carbocycles. The minimum Gasteiger partial charge on any atom is -0.605 e. The van der Waals surface area contributed by atoms with E-state index in [-0.39, 0.29) is 4.90 Å². The molecule has 0 aliphatic heterocycles. The van der Waals surface area contributed by atoms with Crippen LogP contribution in [0.1, 0.15) is 5.56 Å². The van der Waals surface area contributed by atoms with Gasteiger partial charge in [0, 0.05) is 17.4 Å². The van der Waals surface area contributed by atoms with Crippen molar-refractivity contribution >= 4 is 11.2 Å². The molecule has 2 rings (SSSR count). The van der Waals surface area contributed by atoms with Crippen LogP contribution in [-0.4, -0.2) is 9.54 Å². The molecule has 0 fully saturated rings.